The summed E-state index contributed by atoms with van der Waals surface area (Å²) >= 11 is 0. The number of carbonyl (C=O) groups is 2. The van der Waals surface area contributed by atoms with E-state index in [0.717, 1.165) is 10.9 Å². The van der Waals surface area contributed by atoms with E-state index >= 15 is 0 Å². The van der Waals surface area contributed by atoms with E-state index in [-0.39, 0.29) is 22.6 Å². The first kappa shape index (κ1) is 12.6. The summed E-state index contributed by atoms with van der Waals surface area (Å²) in [5, 5.41) is 5.16. The Morgan fingerprint density at radius 1 is 1.24 bits per heavy atom. The molecule has 0 radical (unpaired) electrons. The first-order valence-electron chi connectivity index (χ1n) is 7.05. The van der Waals surface area contributed by atoms with Gasteiger partial charge in [0.15, 0.2) is 5.78 Å². The molecular formula is C16H16N2O3. The summed E-state index contributed by atoms with van der Waals surface area (Å²) in [7, 11) is 3.29. The highest BCUT2D eigenvalue weighted by Gasteiger charge is 2.75. The quantitative estimate of drug-likeness (QED) is 0.639. The molecule has 0 saturated heterocycles. The van der Waals surface area contributed by atoms with Crippen LogP contribution in [0.4, 0.5) is 0 Å². The molecule has 5 nitrogen and oxygen atoms in total. The van der Waals surface area contributed by atoms with Crippen LogP contribution in [0.15, 0.2) is 24.4 Å². The maximum Gasteiger partial charge on any atom is 0.311 e. The number of methoxy groups -OCH3 is 1. The van der Waals surface area contributed by atoms with Crippen molar-refractivity contribution in [1.82, 2.24) is 9.78 Å². The third-order valence-electron chi connectivity index (χ3n) is 5.14. The number of ketones is 1. The van der Waals surface area contributed by atoms with E-state index in [1.165, 1.54) is 7.11 Å². The maximum atomic E-state index is 12.7. The Labute approximate surface area is 121 Å². The molecular weight excluding hydrogens is 268 g/mol. The van der Waals surface area contributed by atoms with Crippen molar-refractivity contribution in [2.45, 2.75) is 19.3 Å². The SMILES string of the molecule is COC(=O)C12CC(C(=O)c3ccc4c(cnn4C)c3)(C1)C2. The molecule has 1 aromatic heterocycles. The predicted octanol–water partition coefficient (Wildman–Crippen LogP) is 2.10. The molecule has 3 aliphatic rings. The number of aryl methyl sites for hydroxylation is 1. The van der Waals surface area contributed by atoms with Gasteiger partial charge in [-0.25, -0.2) is 0 Å². The average molecular weight is 284 g/mol. The van der Waals surface area contributed by atoms with Crippen LogP contribution in [0.1, 0.15) is 29.6 Å². The molecule has 3 fully saturated rings. The highest BCUT2D eigenvalue weighted by Crippen LogP contribution is 2.74. The van der Waals surface area contributed by atoms with Gasteiger partial charge < -0.3 is 4.74 Å². The van der Waals surface area contributed by atoms with Crippen LogP contribution in [-0.4, -0.2) is 28.6 Å². The number of aromatic nitrogens is 2. The second kappa shape index (κ2) is 3.72. The fourth-order valence-electron chi connectivity index (χ4n) is 4.07. The zero-order chi connectivity index (χ0) is 14.8. The first-order chi connectivity index (χ1) is 10.00. The van der Waals surface area contributed by atoms with E-state index in [1.54, 1.807) is 10.9 Å². The summed E-state index contributed by atoms with van der Waals surface area (Å²) in [6.07, 6.45) is 3.67. The van der Waals surface area contributed by atoms with Crippen LogP contribution >= 0.6 is 0 Å². The zero-order valence-electron chi connectivity index (χ0n) is 12.0. The van der Waals surface area contributed by atoms with Crippen LogP contribution in [0.3, 0.4) is 0 Å². The van der Waals surface area contributed by atoms with Gasteiger partial charge in [-0.3, -0.25) is 14.3 Å². The fourth-order valence-corrected chi connectivity index (χ4v) is 4.07. The molecule has 0 N–H and O–H groups in total. The van der Waals surface area contributed by atoms with Crippen LogP contribution < -0.4 is 0 Å². The summed E-state index contributed by atoms with van der Waals surface area (Å²) in [5.41, 5.74) is 1.02. The fraction of sp³-hybridized carbons (Fsp3) is 0.438. The summed E-state index contributed by atoms with van der Waals surface area (Å²) < 4.78 is 6.61. The minimum absolute atomic E-state index is 0.152. The lowest BCUT2D eigenvalue weighted by Crippen LogP contribution is -2.68. The summed E-state index contributed by atoms with van der Waals surface area (Å²) in [5.74, 6) is -0.0149. The second-order valence-electron chi connectivity index (χ2n) is 6.45. The number of esters is 1. The van der Waals surface area contributed by atoms with Crippen molar-refractivity contribution >= 4 is 22.7 Å². The number of ether oxygens (including phenoxy) is 1. The van der Waals surface area contributed by atoms with E-state index < -0.39 is 0 Å². The number of benzene rings is 1. The van der Waals surface area contributed by atoms with E-state index in [2.05, 4.69) is 5.10 Å². The van der Waals surface area contributed by atoms with Crippen molar-refractivity contribution in [3.8, 4) is 0 Å². The first-order valence-corrected chi connectivity index (χ1v) is 7.05. The van der Waals surface area contributed by atoms with Crippen LogP contribution in [0.5, 0.6) is 0 Å². The standard InChI is InChI=1S/C16H16N2O3/c1-18-12-4-3-10(5-11(12)6-17-18)13(19)15-7-16(8-15,9-15)14(20)21-2/h3-6H,7-9H2,1-2H3. The van der Waals surface area contributed by atoms with Crippen LogP contribution in [0, 0.1) is 10.8 Å². The maximum absolute atomic E-state index is 12.7. The Bertz CT molecular complexity index is 770. The highest BCUT2D eigenvalue weighted by atomic mass is 16.5. The third kappa shape index (κ3) is 1.43. The molecule has 0 amide bonds. The van der Waals surface area contributed by atoms with Gasteiger partial charge in [0, 0.05) is 23.4 Å². The average Bonchev–Trinajstić information content (AvgIpc) is 2.76. The monoisotopic (exact) mass is 284 g/mol. The summed E-state index contributed by atoms with van der Waals surface area (Å²) in [6, 6.07) is 5.69. The molecule has 2 aromatic rings. The highest BCUT2D eigenvalue weighted by molar-refractivity contribution is 6.07. The van der Waals surface area contributed by atoms with Gasteiger partial charge in [-0.1, -0.05) is 0 Å². The molecule has 3 saturated carbocycles. The van der Waals surface area contributed by atoms with Crippen molar-refractivity contribution in [3.63, 3.8) is 0 Å². The number of carbonyl (C=O) groups excluding carboxylic acids is 2. The number of rotatable bonds is 3. The van der Waals surface area contributed by atoms with Crippen molar-refractivity contribution in [2.75, 3.05) is 7.11 Å². The summed E-state index contributed by atoms with van der Waals surface area (Å²) in [4.78, 5) is 24.4. The van der Waals surface area contributed by atoms with E-state index in [1.807, 2.05) is 25.2 Å². The molecule has 1 heterocycles. The molecule has 21 heavy (non-hydrogen) atoms. The van der Waals surface area contributed by atoms with Gasteiger partial charge in [-0.05, 0) is 37.5 Å². The van der Waals surface area contributed by atoms with Gasteiger partial charge in [0.25, 0.3) is 0 Å². The Kier molecular flexibility index (Phi) is 2.23. The Morgan fingerprint density at radius 3 is 2.62 bits per heavy atom. The van der Waals surface area contributed by atoms with Gasteiger partial charge in [0.2, 0.25) is 0 Å². The number of fused-ring (bicyclic) bond motifs is 1. The Hall–Kier alpha value is -2.17. The number of hydrogen-bond donors (Lipinski definition) is 0. The van der Waals surface area contributed by atoms with Gasteiger partial charge in [0.1, 0.15) is 0 Å². The van der Waals surface area contributed by atoms with Gasteiger partial charge in [0.05, 0.1) is 24.2 Å². The molecule has 5 rings (SSSR count). The smallest absolute Gasteiger partial charge is 0.311 e. The molecule has 2 bridgehead atoms. The van der Waals surface area contributed by atoms with Crippen molar-refractivity contribution in [1.29, 1.82) is 0 Å². The topological polar surface area (TPSA) is 61.2 Å². The third-order valence-corrected chi connectivity index (χ3v) is 5.14. The number of hydrogen-bond acceptors (Lipinski definition) is 4. The zero-order valence-corrected chi connectivity index (χ0v) is 12.0. The van der Waals surface area contributed by atoms with Crippen molar-refractivity contribution in [3.05, 3.63) is 30.0 Å². The van der Waals surface area contributed by atoms with E-state index in [9.17, 15) is 9.59 Å². The molecule has 108 valence electrons. The van der Waals surface area contributed by atoms with Gasteiger partial charge >= 0.3 is 5.97 Å². The lowest BCUT2D eigenvalue weighted by molar-refractivity contribution is -0.207. The minimum atomic E-state index is -0.372. The molecule has 0 unspecified atom stereocenters. The largest absolute Gasteiger partial charge is 0.469 e. The Morgan fingerprint density at radius 2 is 1.95 bits per heavy atom. The number of nitrogens with zero attached hydrogens (tertiary/aromatic N) is 2. The lowest BCUT2D eigenvalue weighted by atomic mass is 9.33. The Balaban J connectivity index is 1.60. The van der Waals surface area contributed by atoms with Crippen LogP contribution in [0.2, 0.25) is 0 Å². The van der Waals surface area contributed by atoms with Crippen LogP contribution in [0.25, 0.3) is 10.9 Å². The van der Waals surface area contributed by atoms with E-state index in [0.29, 0.717) is 24.8 Å². The minimum Gasteiger partial charge on any atom is -0.469 e. The molecule has 3 aliphatic carbocycles. The molecule has 1 aromatic carbocycles. The van der Waals surface area contributed by atoms with Crippen LogP contribution in [-0.2, 0) is 16.6 Å². The lowest BCUT2D eigenvalue weighted by Gasteiger charge is -2.67. The van der Waals surface area contributed by atoms with Crippen molar-refractivity contribution in [2.24, 2.45) is 17.9 Å². The second-order valence-corrected chi connectivity index (χ2v) is 6.45. The molecule has 0 atom stereocenters. The van der Waals surface area contributed by atoms with Gasteiger partial charge in [-0.2, -0.15) is 5.10 Å². The predicted molar refractivity (Wildman–Crippen MR) is 75.8 cm³/mol. The molecule has 5 heteroatoms. The normalized spacial score (nSPS) is 29.6. The molecule has 0 spiro atoms. The summed E-state index contributed by atoms with van der Waals surface area (Å²) in [6.45, 7) is 0. The van der Waals surface area contributed by atoms with E-state index in [4.69, 9.17) is 4.74 Å². The van der Waals surface area contributed by atoms with Crippen molar-refractivity contribution < 1.29 is 14.3 Å². The van der Waals surface area contributed by atoms with Gasteiger partial charge in [-0.15, -0.1) is 0 Å². The number of Topliss-reactive ketones (excluding diaryl/α,β-unsaturated/α-hetero) is 1. The molecule has 0 aliphatic heterocycles.